The van der Waals surface area contributed by atoms with Gasteiger partial charge in [-0.2, -0.15) is 0 Å². The second-order valence-electron chi connectivity index (χ2n) is 5.56. The third-order valence-corrected chi connectivity index (χ3v) is 3.56. The van der Waals surface area contributed by atoms with Crippen LogP contribution in [0.15, 0.2) is 66.7 Å². The van der Waals surface area contributed by atoms with Crippen molar-refractivity contribution in [3.63, 3.8) is 0 Å². The summed E-state index contributed by atoms with van der Waals surface area (Å²) in [5.41, 5.74) is 1.37. The van der Waals surface area contributed by atoms with Gasteiger partial charge in [0, 0.05) is 5.56 Å². The van der Waals surface area contributed by atoms with E-state index in [0.717, 1.165) is 5.56 Å². The lowest BCUT2D eigenvalue weighted by Crippen LogP contribution is -2.45. The van der Waals surface area contributed by atoms with Gasteiger partial charge in [0.25, 0.3) is 5.91 Å². The van der Waals surface area contributed by atoms with E-state index in [2.05, 4.69) is 10.6 Å². The Labute approximate surface area is 151 Å². The Bertz CT molecular complexity index is 773. The SMILES string of the molecule is O=C(CNC(=O)c1ccccc1)N[C@@H](C/C=C/c1ccccc1)C(=O)O. The quantitative estimate of drug-likeness (QED) is 0.678. The molecule has 1 atom stereocenters. The Morgan fingerprint density at radius 1 is 0.962 bits per heavy atom. The van der Waals surface area contributed by atoms with Crippen molar-refractivity contribution in [1.82, 2.24) is 10.6 Å². The number of aliphatic carboxylic acids is 1. The first kappa shape index (κ1) is 18.9. The van der Waals surface area contributed by atoms with Crippen LogP contribution in [-0.2, 0) is 9.59 Å². The van der Waals surface area contributed by atoms with Gasteiger partial charge in [-0.25, -0.2) is 4.79 Å². The molecular weight excluding hydrogens is 332 g/mol. The van der Waals surface area contributed by atoms with Gasteiger partial charge >= 0.3 is 5.97 Å². The summed E-state index contributed by atoms with van der Waals surface area (Å²) in [5.74, 6) is -2.09. The highest BCUT2D eigenvalue weighted by atomic mass is 16.4. The molecule has 0 unspecified atom stereocenters. The van der Waals surface area contributed by atoms with Gasteiger partial charge < -0.3 is 15.7 Å². The molecule has 2 aromatic carbocycles. The van der Waals surface area contributed by atoms with Gasteiger partial charge in [0.15, 0.2) is 0 Å². The highest BCUT2D eigenvalue weighted by Crippen LogP contribution is 2.04. The molecule has 3 N–H and O–H groups in total. The zero-order valence-corrected chi connectivity index (χ0v) is 14.1. The van der Waals surface area contributed by atoms with Crippen molar-refractivity contribution in [2.45, 2.75) is 12.5 Å². The normalized spacial score (nSPS) is 11.7. The fourth-order valence-corrected chi connectivity index (χ4v) is 2.22. The first-order valence-corrected chi connectivity index (χ1v) is 8.13. The van der Waals surface area contributed by atoms with Crippen LogP contribution in [-0.4, -0.2) is 35.5 Å². The zero-order valence-electron chi connectivity index (χ0n) is 14.1. The summed E-state index contributed by atoms with van der Waals surface area (Å²) < 4.78 is 0. The summed E-state index contributed by atoms with van der Waals surface area (Å²) in [6.07, 6.45) is 3.62. The topological polar surface area (TPSA) is 95.5 Å². The molecule has 2 rings (SSSR count). The molecule has 0 fully saturated rings. The summed E-state index contributed by atoms with van der Waals surface area (Å²) in [6, 6.07) is 16.8. The average Bonchev–Trinajstić information content (AvgIpc) is 2.66. The lowest BCUT2D eigenvalue weighted by atomic mass is 10.1. The van der Waals surface area contributed by atoms with Crippen LogP contribution in [0.2, 0.25) is 0 Å². The Kier molecular flexibility index (Phi) is 7.12. The highest BCUT2D eigenvalue weighted by Gasteiger charge is 2.18. The molecule has 0 aliphatic rings. The van der Waals surface area contributed by atoms with Crippen LogP contribution in [0.1, 0.15) is 22.3 Å². The van der Waals surface area contributed by atoms with Crippen LogP contribution in [0, 0.1) is 0 Å². The van der Waals surface area contributed by atoms with Crippen LogP contribution in [0.3, 0.4) is 0 Å². The number of carboxylic acids is 1. The fourth-order valence-electron chi connectivity index (χ4n) is 2.22. The smallest absolute Gasteiger partial charge is 0.326 e. The average molecular weight is 352 g/mol. The van der Waals surface area contributed by atoms with E-state index < -0.39 is 23.8 Å². The second-order valence-corrected chi connectivity index (χ2v) is 5.56. The van der Waals surface area contributed by atoms with E-state index in [1.807, 2.05) is 30.3 Å². The molecule has 0 bridgehead atoms. The summed E-state index contributed by atoms with van der Waals surface area (Å²) in [5, 5.41) is 14.1. The number of carbonyl (C=O) groups excluding carboxylic acids is 2. The van der Waals surface area contributed by atoms with Crippen LogP contribution in [0.5, 0.6) is 0 Å². The predicted molar refractivity (Wildman–Crippen MR) is 98.4 cm³/mol. The van der Waals surface area contributed by atoms with Crippen molar-refractivity contribution in [3.8, 4) is 0 Å². The van der Waals surface area contributed by atoms with E-state index in [1.165, 1.54) is 0 Å². The summed E-state index contributed by atoms with van der Waals surface area (Å²) in [4.78, 5) is 35.1. The molecule has 6 heteroatoms. The summed E-state index contributed by atoms with van der Waals surface area (Å²) in [6.45, 7) is -0.292. The molecule has 6 nitrogen and oxygen atoms in total. The molecule has 0 saturated heterocycles. The molecule has 0 saturated carbocycles. The van der Waals surface area contributed by atoms with E-state index in [9.17, 15) is 19.5 Å². The van der Waals surface area contributed by atoms with E-state index in [1.54, 1.807) is 42.5 Å². The lowest BCUT2D eigenvalue weighted by Gasteiger charge is -2.13. The number of benzene rings is 2. The Morgan fingerprint density at radius 3 is 2.19 bits per heavy atom. The number of hydrogen-bond acceptors (Lipinski definition) is 3. The molecular formula is C20H20N2O4. The van der Waals surface area contributed by atoms with E-state index in [0.29, 0.717) is 5.56 Å². The summed E-state index contributed by atoms with van der Waals surface area (Å²) >= 11 is 0. The number of carboxylic acid groups (broad SMARTS) is 1. The van der Waals surface area contributed by atoms with Gasteiger partial charge in [-0.05, 0) is 24.1 Å². The van der Waals surface area contributed by atoms with Gasteiger partial charge in [0.05, 0.1) is 6.54 Å². The van der Waals surface area contributed by atoms with Gasteiger partial charge in [-0.3, -0.25) is 9.59 Å². The largest absolute Gasteiger partial charge is 0.480 e. The molecule has 0 radical (unpaired) electrons. The maximum Gasteiger partial charge on any atom is 0.326 e. The highest BCUT2D eigenvalue weighted by molar-refractivity contribution is 5.96. The number of amides is 2. The first-order chi connectivity index (χ1) is 12.6. The van der Waals surface area contributed by atoms with Crippen molar-refractivity contribution in [3.05, 3.63) is 77.9 Å². The molecule has 0 aliphatic heterocycles. The number of nitrogens with one attached hydrogen (secondary N) is 2. The zero-order chi connectivity index (χ0) is 18.8. The van der Waals surface area contributed by atoms with E-state index in [4.69, 9.17) is 0 Å². The van der Waals surface area contributed by atoms with Crippen LogP contribution < -0.4 is 10.6 Å². The predicted octanol–water partition coefficient (Wildman–Crippen LogP) is 2.09. The Hall–Kier alpha value is -3.41. The maximum atomic E-state index is 11.9. The molecule has 26 heavy (non-hydrogen) atoms. The lowest BCUT2D eigenvalue weighted by molar-refractivity contribution is -0.141. The molecule has 134 valence electrons. The number of hydrogen-bond donors (Lipinski definition) is 3. The second kappa shape index (κ2) is 9.78. The molecule has 0 aromatic heterocycles. The summed E-state index contributed by atoms with van der Waals surface area (Å²) in [7, 11) is 0. The molecule has 0 aliphatic carbocycles. The number of rotatable bonds is 8. The minimum Gasteiger partial charge on any atom is -0.480 e. The van der Waals surface area contributed by atoms with Crippen molar-refractivity contribution >= 4 is 23.9 Å². The first-order valence-electron chi connectivity index (χ1n) is 8.13. The fraction of sp³-hybridized carbons (Fsp3) is 0.150. The Morgan fingerprint density at radius 2 is 1.58 bits per heavy atom. The molecule has 0 spiro atoms. The van der Waals surface area contributed by atoms with Gasteiger partial charge in [0.2, 0.25) is 5.91 Å². The van der Waals surface area contributed by atoms with Gasteiger partial charge in [0.1, 0.15) is 6.04 Å². The van der Waals surface area contributed by atoms with Crippen molar-refractivity contribution in [2.75, 3.05) is 6.54 Å². The third-order valence-electron chi connectivity index (χ3n) is 3.56. The van der Waals surface area contributed by atoms with Crippen LogP contribution in [0.25, 0.3) is 6.08 Å². The van der Waals surface area contributed by atoms with Crippen LogP contribution >= 0.6 is 0 Å². The minimum absolute atomic E-state index is 0.141. The van der Waals surface area contributed by atoms with Crippen LogP contribution in [0.4, 0.5) is 0 Å². The Balaban J connectivity index is 1.83. The maximum absolute atomic E-state index is 11.9. The monoisotopic (exact) mass is 352 g/mol. The van der Waals surface area contributed by atoms with Gasteiger partial charge in [-0.15, -0.1) is 0 Å². The standard InChI is InChI=1S/C20H20N2O4/c23-18(14-21-19(24)16-11-5-2-6-12-16)22-17(20(25)26)13-7-10-15-8-3-1-4-9-15/h1-12,17H,13-14H2,(H,21,24)(H,22,23)(H,25,26)/b10-7+/t17-/m0/s1. The van der Waals surface area contributed by atoms with Crippen molar-refractivity contribution in [1.29, 1.82) is 0 Å². The van der Waals surface area contributed by atoms with E-state index in [-0.39, 0.29) is 13.0 Å². The molecule has 2 aromatic rings. The third kappa shape index (κ3) is 6.24. The minimum atomic E-state index is -1.13. The molecule has 2 amide bonds. The van der Waals surface area contributed by atoms with Crippen molar-refractivity contribution in [2.24, 2.45) is 0 Å². The van der Waals surface area contributed by atoms with Gasteiger partial charge in [-0.1, -0.05) is 60.7 Å². The van der Waals surface area contributed by atoms with E-state index >= 15 is 0 Å². The number of carbonyl (C=O) groups is 3. The molecule has 0 heterocycles. The van der Waals surface area contributed by atoms with Crippen molar-refractivity contribution < 1.29 is 19.5 Å².